The molecule has 0 radical (unpaired) electrons. The van der Waals surface area contributed by atoms with Gasteiger partial charge in [-0.25, -0.2) is 0 Å². The van der Waals surface area contributed by atoms with Gasteiger partial charge in [-0.1, -0.05) is 15.9 Å². The molecule has 1 saturated heterocycles. The molecule has 0 bridgehead atoms. The third-order valence-corrected chi connectivity index (χ3v) is 4.09. The minimum absolute atomic E-state index is 0.137. The summed E-state index contributed by atoms with van der Waals surface area (Å²) in [7, 11) is 1.65. The van der Waals surface area contributed by atoms with Crippen LogP contribution in [-0.4, -0.2) is 31.0 Å². The first-order chi connectivity index (χ1) is 8.61. The zero-order chi connectivity index (χ0) is 13.1. The molecule has 1 aliphatic rings. The highest BCUT2D eigenvalue weighted by molar-refractivity contribution is 9.10. The molecular weight excluding hydrogens is 296 g/mol. The molecule has 3 nitrogen and oxygen atoms in total. The van der Waals surface area contributed by atoms with Crippen LogP contribution in [0.25, 0.3) is 0 Å². The molecule has 0 aliphatic carbocycles. The lowest BCUT2D eigenvalue weighted by molar-refractivity contribution is 0.0438. The van der Waals surface area contributed by atoms with Crippen LogP contribution >= 0.6 is 15.9 Å². The molecule has 100 valence electrons. The van der Waals surface area contributed by atoms with Crippen molar-refractivity contribution in [2.45, 2.75) is 32.0 Å². The number of aliphatic hydroxyl groups excluding tert-OH is 1. The molecule has 1 N–H and O–H groups in total. The van der Waals surface area contributed by atoms with Crippen molar-refractivity contribution in [2.24, 2.45) is 5.92 Å². The summed E-state index contributed by atoms with van der Waals surface area (Å²) in [5.74, 6) is 1.04. The van der Waals surface area contributed by atoms with E-state index < -0.39 is 0 Å². The Labute approximate surface area is 116 Å². The summed E-state index contributed by atoms with van der Waals surface area (Å²) in [5, 5.41) is 10.3. The predicted molar refractivity (Wildman–Crippen MR) is 73.9 cm³/mol. The second-order valence-electron chi connectivity index (χ2n) is 4.76. The smallest absolute Gasteiger partial charge is 0.122 e. The summed E-state index contributed by atoms with van der Waals surface area (Å²) < 4.78 is 11.8. The first-order valence-electron chi connectivity index (χ1n) is 6.24. The third-order valence-electron chi connectivity index (χ3n) is 3.60. The van der Waals surface area contributed by atoms with Crippen molar-refractivity contribution in [1.82, 2.24) is 0 Å². The second-order valence-corrected chi connectivity index (χ2v) is 5.67. The van der Waals surface area contributed by atoms with E-state index in [2.05, 4.69) is 15.9 Å². The highest BCUT2D eigenvalue weighted by Gasteiger charge is 2.31. The van der Waals surface area contributed by atoms with Crippen LogP contribution in [0.1, 0.15) is 18.9 Å². The number of rotatable bonds is 4. The second kappa shape index (κ2) is 6.04. The van der Waals surface area contributed by atoms with Crippen LogP contribution in [0, 0.1) is 5.92 Å². The topological polar surface area (TPSA) is 38.7 Å². The molecule has 1 aromatic rings. The Bertz CT molecular complexity index is 408. The van der Waals surface area contributed by atoms with Gasteiger partial charge >= 0.3 is 0 Å². The van der Waals surface area contributed by atoms with Crippen LogP contribution < -0.4 is 4.74 Å². The van der Waals surface area contributed by atoms with Crippen LogP contribution in [0.3, 0.4) is 0 Å². The van der Waals surface area contributed by atoms with Gasteiger partial charge in [0.25, 0.3) is 0 Å². The van der Waals surface area contributed by atoms with Crippen molar-refractivity contribution >= 4 is 15.9 Å². The van der Waals surface area contributed by atoms with Crippen molar-refractivity contribution in [3.63, 3.8) is 0 Å². The van der Waals surface area contributed by atoms with Gasteiger partial charge in [-0.3, -0.25) is 0 Å². The van der Waals surface area contributed by atoms with Crippen molar-refractivity contribution in [1.29, 1.82) is 0 Å². The number of ether oxygens (including phenoxy) is 2. The Morgan fingerprint density at radius 1 is 1.56 bits per heavy atom. The zero-order valence-electron chi connectivity index (χ0n) is 10.7. The van der Waals surface area contributed by atoms with Gasteiger partial charge in [-0.2, -0.15) is 0 Å². The van der Waals surface area contributed by atoms with Gasteiger partial charge in [0.2, 0.25) is 0 Å². The molecule has 0 saturated carbocycles. The maximum atomic E-state index is 10.3. The number of methoxy groups -OCH3 is 1. The maximum Gasteiger partial charge on any atom is 0.122 e. The number of benzene rings is 1. The molecule has 1 heterocycles. The van der Waals surface area contributed by atoms with E-state index in [-0.39, 0.29) is 18.1 Å². The molecule has 0 spiro atoms. The fraction of sp³-hybridized carbons (Fsp3) is 0.571. The number of halogens is 1. The third kappa shape index (κ3) is 3.05. The standard InChI is InChI=1S/C14H19BrO3/c1-9-12(5-6-18-9)13(16)8-10-7-11(15)3-4-14(10)17-2/h3-4,7,9,12-13,16H,5-6,8H2,1-2H3. The highest BCUT2D eigenvalue weighted by Crippen LogP contribution is 2.29. The maximum absolute atomic E-state index is 10.3. The van der Waals surface area contributed by atoms with E-state index >= 15 is 0 Å². The van der Waals surface area contributed by atoms with Crippen molar-refractivity contribution < 1.29 is 14.6 Å². The molecule has 0 amide bonds. The van der Waals surface area contributed by atoms with Gasteiger partial charge < -0.3 is 14.6 Å². The van der Waals surface area contributed by atoms with Gasteiger partial charge in [0.15, 0.2) is 0 Å². The fourth-order valence-electron chi connectivity index (χ4n) is 2.54. The molecular formula is C14H19BrO3. The normalized spacial score (nSPS) is 25.1. The first kappa shape index (κ1) is 13.8. The van der Waals surface area contributed by atoms with Crippen molar-refractivity contribution in [3.05, 3.63) is 28.2 Å². The van der Waals surface area contributed by atoms with Crippen LogP contribution in [0.5, 0.6) is 5.75 Å². The molecule has 4 heteroatoms. The first-order valence-corrected chi connectivity index (χ1v) is 7.03. The SMILES string of the molecule is COc1ccc(Br)cc1CC(O)C1CCOC1C. The number of aliphatic hydroxyl groups is 1. The minimum atomic E-state index is -0.384. The summed E-state index contributed by atoms with van der Waals surface area (Å²) in [5.41, 5.74) is 1.03. The summed E-state index contributed by atoms with van der Waals surface area (Å²) in [4.78, 5) is 0. The lowest BCUT2D eigenvalue weighted by Gasteiger charge is -2.21. The monoisotopic (exact) mass is 314 g/mol. The Balaban J connectivity index is 2.10. The van der Waals surface area contributed by atoms with Crippen LogP contribution in [0.2, 0.25) is 0 Å². The largest absolute Gasteiger partial charge is 0.496 e. The molecule has 1 aromatic carbocycles. The van der Waals surface area contributed by atoms with Gasteiger partial charge in [-0.15, -0.1) is 0 Å². The Morgan fingerprint density at radius 2 is 2.33 bits per heavy atom. The zero-order valence-corrected chi connectivity index (χ0v) is 12.3. The molecule has 1 aliphatic heterocycles. The van der Waals surface area contributed by atoms with E-state index in [1.165, 1.54) is 0 Å². The molecule has 3 unspecified atom stereocenters. The van der Waals surface area contributed by atoms with Gasteiger partial charge in [-0.05, 0) is 37.1 Å². The number of hydrogen-bond acceptors (Lipinski definition) is 3. The van der Waals surface area contributed by atoms with E-state index in [1.54, 1.807) is 7.11 Å². The van der Waals surface area contributed by atoms with Crippen LogP contribution in [0.15, 0.2) is 22.7 Å². The van der Waals surface area contributed by atoms with Crippen LogP contribution in [-0.2, 0) is 11.2 Å². The van der Waals surface area contributed by atoms with Crippen molar-refractivity contribution in [3.8, 4) is 5.75 Å². The van der Waals surface area contributed by atoms with E-state index in [0.717, 1.165) is 28.8 Å². The quantitative estimate of drug-likeness (QED) is 0.928. The molecule has 3 atom stereocenters. The van der Waals surface area contributed by atoms with Gasteiger partial charge in [0.05, 0.1) is 19.3 Å². The Hall–Kier alpha value is -0.580. The summed E-state index contributed by atoms with van der Waals surface area (Å²) >= 11 is 3.45. The summed E-state index contributed by atoms with van der Waals surface area (Å²) in [6.07, 6.45) is 1.28. The molecule has 0 aromatic heterocycles. The summed E-state index contributed by atoms with van der Waals surface area (Å²) in [6.45, 7) is 2.78. The van der Waals surface area contributed by atoms with Gasteiger partial charge in [0.1, 0.15) is 5.75 Å². The molecule has 1 fully saturated rings. The van der Waals surface area contributed by atoms with Crippen LogP contribution in [0.4, 0.5) is 0 Å². The lowest BCUT2D eigenvalue weighted by Crippen LogP contribution is -2.28. The number of hydrogen-bond donors (Lipinski definition) is 1. The Morgan fingerprint density at radius 3 is 2.94 bits per heavy atom. The lowest BCUT2D eigenvalue weighted by atomic mass is 9.91. The van der Waals surface area contributed by atoms with E-state index in [1.807, 2.05) is 25.1 Å². The van der Waals surface area contributed by atoms with E-state index in [0.29, 0.717) is 6.42 Å². The summed E-state index contributed by atoms with van der Waals surface area (Å²) in [6, 6.07) is 5.86. The molecule has 18 heavy (non-hydrogen) atoms. The minimum Gasteiger partial charge on any atom is -0.496 e. The van der Waals surface area contributed by atoms with Crippen molar-refractivity contribution in [2.75, 3.05) is 13.7 Å². The average molecular weight is 315 g/mol. The predicted octanol–water partition coefficient (Wildman–Crippen LogP) is 2.79. The molecule has 2 rings (SSSR count). The Kier molecular flexibility index (Phi) is 4.65. The average Bonchev–Trinajstić information content (AvgIpc) is 2.76. The van der Waals surface area contributed by atoms with E-state index in [9.17, 15) is 5.11 Å². The van der Waals surface area contributed by atoms with E-state index in [4.69, 9.17) is 9.47 Å². The fourth-order valence-corrected chi connectivity index (χ4v) is 2.95. The van der Waals surface area contributed by atoms with Gasteiger partial charge in [0, 0.05) is 23.4 Å². The highest BCUT2D eigenvalue weighted by atomic mass is 79.9.